The van der Waals surface area contributed by atoms with Crippen LogP contribution in [0.4, 0.5) is 5.69 Å². The predicted octanol–water partition coefficient (Wildman–Crippen LogP) is 2.61. The molecular weight excluding hydrogens is 310 g/mol. The highest BCUT2D eigenvalue weighted by atomic mass is 79.9. The van der Waals surface area contributed by atoms with Crippen molar-refractivity contribution in [2.24, 2.45) is 5.92 Å². The Hall–Kier alpha value is -1.36. The first-order valence-corrected chi connectivity index (χ1v) is 7.41. The smallest absolute Gasteiger partial charge is 0.338 e. The van der Waals surface area contributed by atoms with Gasteiger partial charge in [0.25, 0.3) is 0 Å². The third kappa shape index (κ3) is 3.15. The molecule has 0 saturated carbocycles. The first-order chi connectivity index (χ1) is 9.15. The Bertz CT molecular complexity index is 489. The largest absolute Gasteiger partial charge is 0.462 e. The molecule has 5 heteroatoms. The lowest BCUT2D eigenvalue weighted by molar-refractivity contribution is -0.117. The SMILES string of the molecule is CCOC(=O)c1cccc(N2CC(CBr)CC2=O)c1. The molecule has 1 aliphatic rings. The van der Waals surface area contributed by atoms with Crippen LogP contribution in [0.5, 0.6) is 0 Å². The zero-order valence-electron chi connectivity index (χ0n) is 10.8. The summed E-state index contributed by atoms with van der Waals surface area (Å²) in [6.07, 6.45) is 0.550. The molecule has 1 saturated heterocycles. The summed E-state index contributed by atoms with van der Waals surface area (Å²) in [7, 11) is 0. The molecule has 1 aromatic rings. The highest BCUT2D eigenvalue weighted by Gasteiger charge is 2.30. The van der Waals surface area contributed by atoms with E-state index in [-0.39, 0.29) is 11.9 Å². The van der Waals surface area contributed by atoms with Gasteiger partial charge in [-0.1, -0.05) is 22.0 Å². The second-order valence-corrected chi connectivity index (χ2v) is 5.15. The Morgan fingerprint density at radius 2 is 2.32 bits per heavy atom. The third-order valence-corrected chi connectivity index (χ3v) is 4.01. The number of ether oxygens (including phenoxy) is 1. The fourth-order valence-electron chi connectivity index (χ4n) is 2.15. The van der Waals surface area contributed by atoms with Crippen LogP contribution in [0.1, 0.15) is 23.7 Å². The molecule has 102 valence electrons. The minimum Gasteiger partial charge on any atom is -0.462 e. The molecule has 1 amide bonds. The van der Waals surface area contributed by atoms with Crippen LogP contribution >= 0.6 is 15.9 Å². The quantitative estimate of drug-likeness (QED) is 0.631. The van der Waals surface area contributed by atoms with Gasteiger partial charge in [0.05, 0.1) is 12.2 Å². The monoisotopic (exact) mass is 325 g/mol. The molecule has 1 aromatic carbocycles. The van der Waals surface area contributed by atoms with Crippen LogP contribution in [0.2, 0.25) is 0 Å². The van der Waals surface area contributed by atoms with Crippen molar-refractivity contribution in [1.29, 1.82) is 0 Å². The molecule has 19 heavy (non-hydrogen) atoms. The summed E-state index contributed by atoms with van der Waals surface area (Å²) in [6.45, 7) is 2.81. The molecule has 1 unspecified atom stereocenters. The fraction of sp³-hybridized carbons (Fsp3) is 0.429. The van der Waals surface area contributed by atoms with E-state index < -0.39 is 0 Å². The van der Waals surface area contributed by atoms with E-state index >= 15 is 0 Å². The average molecular weight is 326 g/mol. The maximum atomic E-state index is 11.9. The van der Waals surface area contributed by atoms with E-state index in [4.69, 9.17) is 4.74 Å². The van der Waals surface area contributed by atoms with E-state index in [1.54, 1.807) is 30.0 Å². The molecule has 4 nitrogen and oxygen atoms in total. The number of carbonyl (C=O) groups is 2. The molecule has 1 fully saturated rings. The molecule has 0 aromatic heterocycles. The molecule has 0 radical (unpaired) electrons. The number of hydrogen-bond acceptors (Lipinski definition) is 3. The maximum absolute atomic E-state index is 11.9. The molecule has 2 rings (SSSR count). The lowest BCUT2D eigenvalue weighted by Crippen LogP contribution is -2.24. The van der Waals surface area contributed by atoms with E-state index in [2.05, 4.69) is 15.9 Å². The number of halogens is 1. The Labute approximate surface area is 120 Å². The molecule has 1 aliphatic heterocycles. The highest BCUT2D eigenvalue weighted by Crippen LogP contribution is 2.26. The summed E-state index contributed by atoms with van der Waals surface area (Å²) in [6, 6.07) is 7.03. The van der Waals surface area contributed by atoms with Crippen molar-refractivity contribution < 1.29 is 14.3 Å². The Kier molecular flexibility index (Phi) is 4.58. The molecule has 0 N–H and O–H groups in total. The Morgan fingerprint density at radius 1 is 1.53 bits per heavy atom. The van der Waals surface area contributed by atoms with Gasteiger partial charge in [-0.2, -0.15) is 0 Å². The van der Waals surface area contributed by atoms with Crippen molar-refractivity contribution in [3.05, 3.63) is 29.8 Å². The van der Waals surface area contributed by atoms with Crippen molar-refractivity contribution in [2.45, 2.75) is 13.3 Å². The topological polar surface area (TPSA) is 46.6 Å². The van der Waals surface area contributed by atoms with Crippen LogP contribution < -0.4 is 4.90 Å². The summed E-state index contributed by atoms with van der Waals surface area (Å²) in [5.41, 5.74) is 1.24. The second-order valence-electron chi connectivity index (χ2n) is 4.50. The van der Waals surface area contributed by atoms with Crippen LogP contribution in [-0.4, -0.2) is 30.4 Å². The number of amides is 1. The summed E-state index contributed by atoms with van der Waals surface area (Å²) in [5.74, 6) is 0.0808. The van der Waals surface area contributed by atoms with Crippen LogP contribution in [0.25, 0.3) is 0 Å². The van der Waals surface area contributed by atoms with Gasteiger partial charge in [0.15, 0.2) is 0 Å². The summed E-state index contributed by atoms with van der Waals surface area (Å²) in [4.78, 5) is 25.4. The Balaban J connectivity index is 2.19. The van der Waals surface area contributed by atoms with Gasteiger partial charge in [0.2, 0.25) is 5.91 Å². The lowest BCUT2D eigenvalue weighted by Gasteiger charge is -2.17. The van der Waals surface area contributed by atoms with Crippen molar-refractivity contribution in [3.8, 4) is 0 Å². The standard InChI is InChI=1S/C14H16BrNO3/c1-2-19-14(18)11-4-3-5-12(7-11)16-9-10(8-15)6-13(16)17/h3-5,7,10H,2,6,8-9H2,1H3. The fourth-order valence-corrected chi connectivity index (χ4v) is 2.58. The number of carbonyl (C=O) groups excluding carboxylic acids is 2. The van der Waals surface area contributed by atoms with Gasteiger partial charge >= 0.3 is 5.97 Å². The number of anilines is 1. The van der Waals surface area contributed by atoms with Crippen molar-refractivity contribution in [2.75, 3.05) is 23.4 Å². The molecular formula is C14H16BrNO3. The van der Waals surface area contributed by atoms with Gasteiger partial charge in [-0.15, -0.1) is 0 Å². The van der Waals surface area contributed by atoms with Crippen LogP contribution in [0.3, 0.4) is 0 Å². The number of rotatable bonds is 4. The van der Waals surface area contributed by atoms with Gasteiger partial charge in [0, 0.05) is 24.0 Å². The predicted molar refractivity (Wildman–Crippen MR) is 76.7 cm³/mol. The molecule has 1 heterocycles. The number of esters is 1. The minimum absolute atomic E-state index is 0.102. The van der Waals surface area contributed by atoms with Crippen LogP contribution in [0, 0.1) is 5.92 Å². The van der Waals surface area contributed by atoms with Gasteiger partial charge in [-0.05, 0) is 31.0 Å². The summed E-state index contributed by atoms with van der Waals surface area (Å²) in [5, 5.41) is 0.812. The number of nitrogens with zero attached hydrogens (tertiary/aromatic N) is 1. The highest BCUT2D eigenvalue weighted by molar-refractivity contribution is 9.09. The van der Waals surface area contributed by atoms with Gasteiger partial charge in [0.1, 0.15) is 0 Å². The zero-order chi connectivity index (χ0) is 13.8. The molecule has 0 bridgehead atoms. The van der Waals surface area contributed by atoms with Crippen molar-refractivity contribution >= 4 is 33.5 Å². The first kappa shape index (κ1) is 14.1. The van der Waals surface area contributed by atoms with E-state index in [1.165, 1.54) is 0 Å². The van der Waals surface area contributed by atoms with Gasteiger partial charge < -0.3 is 9.64 Å². The molecule has 0 aliphatic carbocycles. The summed E-state index contributed by atoms with van der Waals surface area (Å²) < 4.78 is 4.96. The summed E-state index contributed by atoms with van der Waals surface area (Å²) >= 11 is 3.41. The first-order valence-electron chi connectivity index (χ1n) is 6.29. The molecule has 1 atom stereocenters. The van der Waals surface area contributed by atoms with Gasteiger partial charge in [-0.3, -0.25) is 4.79 Å². The van der Waals surface area contributed by atoms with Crippen molar-refractivity contribution in [3.63, 3.8) is 0 Å². The number of benzene rings is 1. The normalized spacial score (nSPS) is 18.7. The average Bonchev–Trinajstić information content (AvgIpc) is 2.80. The van der Waals surface area contributed by atoms with Gasteiger partial charge in [-0.25, -0.2) is 4.79 Å². The van der Waals surface area contributed by atoms with Crippen molar-refractivity contribution in [1.82, 2.24) is 0 Å². The van der Waals surface area contributed by atoms with E-state index in [0.717, 1.165) is 11.0 Å². The second kappa shape index (κ2) is 6.19. The zero-order valence-corrected chi connectivity index (χ0v) is 12.4. The lowest BCUT2D eigenvalue weighted by atomic mass is 10.1. The Morgan fingerprint density at radius 3 is 2.95 bits per heavy atom. The van der Waals surface area contributed by atoms with E-state index in [0.29, 0.717) is 31.1 Å². The third-order valence-electron chi connectivity index (χ3n) is 3.09. The number of alkyl halides is 1. The van der Waals surface area contributed by atoms with E-state index in [1.807, 2.05) is 6.07 Å². The van der Waals surface area contributed by atoms with Crippen LogP contribution in [-0.2, 0) is 9.53 Å². The minimum atomic E-state index is -0.354. The molecule has 0 spiro atoms. The van der Waals surface area contributed by atoms with E-state index in [9.17, 15) is 9.59 Å². The number of hydrogen-bond donors (Lipinski definition) is 0. The maximum Gasteiger partial charge on any atom is 0.338 e. The van der Waals surface area contributed by atoms with Crippen LogP contribution in [0.15, 0.2) is 24.3 Å².